The Bertz CT molecular complexity index is 541. The fourth-order valence-corrected chi connectivity index (χ4v) is 2.57. The highest BCUT2D eigenvalue weighted by Crippen LogP contribution is 2.14. The third kappa shape index (κ3) is 8.37. The molecule has 0 aliphatic carbocycles. The Hall–Kier alpha value is -1.33. The van der Waals surface area contributed by atoms with Crippen LogP contribution in [0.25, 0.3) is 0 Å². The number of nitrogens with zero attached hydrogens (tertiary/aromatic N) is 1. The molecule has 0 spiro atoms. The molecule has 0 aliphatic heterocycles. The monoisotopic (exact) mass is 367 g/mol. The zero-order valence-corrected chi connectivity index (χ0v) is 17.1. The van der Waals surface area contributed by atoms with E-state index in [0.717, 1.165) is 57.4 Å². The molecule has 26 heavy (non-hydrogen) atoms. The number of hydrogen-bond donors (Lipinski definition) is 0. The number of hydrogen-bond acceptors (Lipinski definition) is 4. The Morgan fingerprint density at radius 1 is 1.00 bits per heavy atom. The van der Waals surface area contributed by atoms with Crippen molar-refractivity contribution < 1.29 is 14.2 Å². The predicted octanol–water partition coefficient (Wildman–Crippen LogP) is 4.34. The van der Waals surface area contributed by atoms with Crippen molar-refractivity contribution in [2.75, 3.05) is 26.4 Å². The van der Waals surface area contributed by atoms with Gasteiger partial charge in [0.05, 0.1) is 31.6 Å². The topological polar surface area (TPSA) is 49.7 Å². The number of aromatic nitrogens is 1. The highest BCUT2D eigenvalue weighted by molar-refractivity contribution is 5.27. The molecule has 0 saturated carbocycles. The minimum Gasteiger partial charge on any atom is -0.488 e. The van der Waals surface area contributed by atoms with Gasteiger partial charge in [0.25, 0.3) is 0 Å². The molecule has 0 aliphatic rings. The van der Waals surface area contributed by atoms with Gasteiger partial charge in [-0.3, -0.25) is 4.79 Å². The average Bonchev–Trinajstić information content (AvgIpc) is 2.63. The first-order chi connectivity index (χ1) is 12.6. The third-order valence-corrected chi connectivity index (χ3v) is 4.33. The maximum atomic E-state index is 12.1. The van der Waals surface area contributed by atoms with Gasteiger partial charge in [0.1, 0.15) is 0 Å². The minimum atomic E-state index is -0.0579. The fourth-order valence-electron chi connectivity index (χ4n) is 2.57. The Labute approximate surface area is 158 Å². The lowest BCUT2D eigenvalue weighted by Crippen LogP contribution is -2.28. The fraction of sp³-hybridized carbons (Fsp3) is 0.762. The number of rotatable bonds is 15. The summed E-state index contributed by atoms with van der Waals surface area (Å²) < 4.78 is 19.6. The van der Waals surface area contributed by atoms with Crippen LogP contribution in [0.2, 0.25) is 0 Å². The molecular formula is C21H37NO4. The Morgan fingerprint density at radius 2 is 1.65 bits per heavy atom. The molecule has 0 bridgehead atoms. The molecule has 0 aromatic carbocycles. The molecule has 1 unspecified atom stereocenters. The van der Waals surface area contributed by atoms with Crippen LogP contribution in [0.1, 0.15) is 65.0 Å². The summed E-state index contributed by atoms with van der Waals surface area (Å²) in [5.74, 6) is 0.458. The van der Waals surface area contributed by atoms with Gasteiger partial charge in [0, 0.05) is 25.5 Å². The highest BCUT2D eigenvalue weighted by atomic mass is 16.5. The third-order valence-electron chi connectivity index (χ3n) is 4.33. The molecule has 1 heterocycles. The van der Waals surface area contributed by atoms with E-state index in [1.807, 2.05) is 17.7 Å². The van der Waals surface area contributed by atoms with Gasteiger partial charge in [-0.15, -0.1) is 0 Å². The molecule has 1 aromatic heterocycles. The van der Waals surface area contributed by atoms with Crippen molar-refractivity contribution in [3.05, 3.63) is 28.2 Å². The van der Waals surface area contributed by atoms with Crippen LogP contribution in [0.5, 0.6) is 5.75 Å². The standard InChI is InChI=1S/C21H37NO4/c1-5-8-13-24-17-19(25-14-9-6-2)16-22-12-11-20(23)21(18(22)4)26-15-10-7-3/h11-12,19H,5-10,13-17H2,1-4H3. The van der Waals surface area contributed by atoms with Crippen molar-refractivity contribution in [2.24, 2.45) is 0 Å². The van der Waals surface area contributed by atoms with E-state index in [1.54, 1.807) is 6.07 Å². The first-order valence-electron chi connectivity index (χ1n) is 10.2. The summed E-state index contributed by atoms with van der Waals surface area (Å²) >= 11 is 0. The molecule has 1 rings (SSSR count). The maximum absolute atomic E-state index is 12.1. The maximum Gasteiger partial charge on any atom is 0.223 e. The molecule has 5 heteroatoms. The zero-order chi connectivity index (χ0) is 19.2. The predicted molar refractivity (Wildman–Crippen MR) is 106 cm³/mol. The molecule has 0 amide bonds. The molecule has 0 N–H and O–H groups in total. The van der Waals surface area contributed by atoms with Crippen LogP contribution in [0.4, 0.5) is 0 Å². The van der Waals surface area contributed by atoms with E-state index in [4.69, 9.17) is 14.2 Å². The van der Waals surface area contributed by atoms with Gasteiger partial charge < -0.3 is 18.8 Å². The lowest BCUT2D eigenvalue weighted by atomic mass is 10.2. The van der Waals surface area contributed by atoms with Crippen LogP contribution in [0, 0.1) is 6.92 Å². The van der Waals surface area contributed by atoms with Crippen LogP contribution in [0.15, 0.2) is 17.1 Å². The first-order valence-corrected chi connectivity index (χ1v) is 10.2. The Morgan fingerprint density at radius 3 is 2.35 bits per heavy atom. The quantitative estimate of drug-likeness (QED) is 0.433. The number of ether oxygens (including phenoxy) is 3. The molecule has 0 radical (unpaired) electrons. The lowest BCUT2D eigenvalue weighted by Gasteiger charge is -2.22. The molecular weight excluding hydrogens is 330 g/mol. The second-order valence-corrected chi connectivity index (χ2v) is 6.72. The van der Waals surface area contributed by atoms with Gasteiger partial charge in [0.15, 0.2) is 5.75 Å². The average molecular weight is 368 g/mol. The van der Waals surface area contributed by atoms with Gasteiger partial charge in [-0.05, 0) is 26.2 Å². The molecule has 1 atom stereocenters. The molecule has 1 aromatic rings. The Balaban J connectivity index is 2.77. The van der Waals surface area contributed by atoms with Crippen LogP contribution >= 0.6 is 0 Å². The molecule has 0 fully saturated rings. The van der Waals surface area contributed by atoms with E-state index in [9.17, 15) is 4.79 Å². The molecule has 5 nitrogen and oxygen atoms in total. The van der Waals surface area contributed by atoms with Crippen LogP contribution in [0.3, 0.4) is 0 Å². The zero-order valence-electron chi connectivity index (χ0n) is 17.1. The summed E-state index contributed by atoms with van der Waals surface area (Å²) in [6, 6.07) is 1.58. The molecule has 150 valence electrons. The van der Waals surface area contributed by atoms with E-state index in [0.29, 0.717) is 25.5 Å². The van der Waals surface area contributed by atoms with Gasteiger partial charge in [-0.1, -0.05) is 40.0 Å². The van der Waals surface area contributed by atoms with E-state index in [2.05, 4.69) is 20.8 Å². The van der Waals surface area contributed by atoms with Crippen molar-refractivity contribution in [3.63, 3.8) is 0 Å². The van der Waals surface area contributed by atoms with E-state index < -0.39 is 0 Å². The van der Waals surface area contributed by atoms with Gasteiger partial charge >= 0.3 is 0 Å². The summed E-state index contributed by atoms with van der Waals surface area (Å²) in [5.41, 5.74) is 0.795. The minimum absolute atomic E-state index is 0.0249. The normalized spacial score (nSPS) is 12.3. The van der Waals surface area contributed by atoms with Gasteiger partial charge in [-0.2, -0.15) is 0 Å². The SMILES string of the molecule is CCCCOCC(Cn1ccc(=O)c(OCCCC)c1C)OCCCC. The first kappa shape index (κ1) is 22.7. The summed E-state index contributed by atoms with van der Waals surface area (Å²) in [6.45, 7) is 11.7. The van der Waals surface area contributed by atoms with Gasteiger partial charge in [-0.25, -0.2) is 0 Å². The number of pyridine rings is 1. The number of unbranched alkanes of at least 4 members (excludes halogenated alkanes) is 3. The van der Waals surface area contributed by atoms with Crippen molar-refractivity contribution >= 4 is 0 Å². The summed E-state index contributed by atoms with van der Waals surface area (Å²) in [5, 5.41) is 0. The summed E-state index contributed by atoms with van der Waals surface area (Å²) in [6.07, 6.45) is 8.13. The second kappa shape index (κ2) is 13.8. The van der Waals surface area contributed by atoms with Gasteiger partial charge in [0.2, 0.25) is 5.43 Å². The smallest absolute Gasteiger partial charge is 0.223 e. The van der Waals surface area contributed by atoms with Crippen molar-refractivity contribution in [1.82, 2.24) is 4.57 Å². The van der Waals surface area contributed by atoms with Crippen molar-refractivity contribution in [3.8, 4) is 5.75 Å². The largest absolute Gasteiger partial charge is 0.488 e. The van der Waals surface area contributed by atoms with E-state index >= 15 is 0 Å². The second-order valence-electron chi connectivity index (χ2n) is 6.72. The van der Waals surface area contributed by atoms with Crippen molar-refractivity contribution in [1.29, 1.82) is 0 Å². The van der Waals surface area contributed by atoms with Crippen LogP contribution < -0.4 is 10.2 Å². The summed E-state index contributed by atoms with van der Waals surface area (Å²) in [4.78, 5) is 12.1. The molecule has 0 saturated heterocycles. The van der Waals surface area contributed by atoms with Crippen molar-refractivity contribution in [2.45, 2.75) is 78.9 Å². The van der Waals surface area contributed by atoms with E-state index in [-0.39, 0.29) is 11.5 Å². The summed E-state index contributed by atoms with van der Waals surface area (Å²) in [7, 11) is 0. The van der Waals surface area contributed by atoms with Crippen LogP contribution in [-0.4, -0.2) is 37.1 Å². The highest BCUT2D eigenvalue weighted by Gasteiger charge is 2.14. The van der Waals surface area contributed by atoms with Crippen LogP contribution in [-0.2, 0) is 16.0 Å². The van der Waals surface area contributed by atoms with E-state index in [1.165, 1.54) is 0 Å². The Kier molecular flexibility index (Phi) is 12.1. The lowest BCUT2D eigenvalue weighted by molar-refractivity contribution is -0.0263.